The van der Waals surface area contributed by atoms with E-state index in [9.17, 15) is 14.4 Å². The number of carbonyl (C=O) groups is 3. The molecule has 0 saturated carbocycles. The van der Waals surface area contributed by atoms with Crippen molar-refractivity contribution in [2.45, 2.75) is 72.5 Å². The zero-order valence-corrected chi connectivity index (χ0v) is 26.8. The van der Waals surface area contributed by atoms with Crippen LogP contribution in [0.3, 0.4) is 0 Å². The van der Waals surface area contributed by atoms with Crippen LogP contribution in [0.4, 0.5) is 15.3 Å². The Morgan fingerprint density at radius 3 is 2.00 bits per heavy atom. The van der Waals surface area contributed by atoms with E-state index in [4.69, 9.17) is 31.5 Å². The van der Waals surface area contributed by atoms with Crippen molar-refractivity contribution in [3.63, 3.8) is 0 Å². The molecule has 2 amide bonds. The quantitative estimate of drug-likeness (QED) is 0.168. The minimum atomic E-state index is -0.474. The second-order valence-corrected chi connectivity index (χ2v) is 12.9. The Hall–Kier alpha value is -3.05. The molecule has 3 rings (SSSR count). The Labute approximate surface area is 255 Å². The second kappa shape index (κ2) is 16.0. The molecule has 2 aliphatic rings. The third kappa shape index (κ3) is 12.9. The second-order valence-electron chi connectivity index (χ2n) is 12.5. The first-order valence-corrected chi connectivity index (χ1v) is 14.9. The molecule has 0 bridgehead atoms. The Balaban J connectivity index is 0.000000369. The number of nitrogens with one attached hydrogen (secondary N) is 1. The lowest BCUT2D eigenvalue weighted by molar-refractivity contribution is -0.137. The van der Waals surface area contributed by atoms with Crippen LogP contribution in [0.2, 0.25) is 5.15 Å². The van der Waals surface area contributed by atoms with Crippen LogP contribution in [-0.4, -0.2) is 90.0 Å². The maximum atomic E-state index is 12.0. The highest BCUT2D eigenvalue weighted by molar-refractivity contribution is 6.29. The number of pyridine rings is 1. The third-order valence-electron chi connectivity index (χ3n) is 6.25. The summed E-state index contributed by atoms with van der Waals surface area (Å²) in [6, 6.07) is 1.72. The smallest absolute Gasteiger partial charge is 0.410 e. The van der Waals surface area contributed by atoms with Gasteiger partial charge in [0.1, 0.15) is 16.4 Å². The Morgan fingerprint density at radius 1 is 1.00 bits per heavy atom. The molecule has 0 aromatic carbocycles. The number of hydrogen-bond donors (Lipinski definition) is 2. The van der Waals surface area contributed by atoms with Gasteiger partial charge < -0.3 is 35.1 Å². The van der Waals surface area contributed by atoms with Crippen LogP contribution in [-0.2, 0) is 19.0 Å². The van der Waals surface area contributed by atoms with Gasteiger partial charge in [0.2, 0.25) is 0 Å². The largest absolute Gasteiger partial charge is 0.463 e. The van der Waals surface area contributed by atoms with Crippen molar-refractivity contribution in [3.8, 4) is 0 Å². The Morgan fingerprint density at radius 2 is 1.52 bits per heavy atom. The zero-order chi connectivity index (χ0) is 31.5. The summed E-state index contributed by atoms with van der Waals surface area (Å²) in [5.74, 6) is 0.600. The highest BCUT2D eigenvalue weighted by Gasteiger charge is 2.34. The monoisotopic (exact) mass is 609 g/mol. The normalized spacial score (nSPS) is 15.7. The first-order valence-electron chi connectivity index (χ1n) is 14.5. The van der Waals surface area contributed by atoms with Crippen molar-refractivity contribution >= 4 is 41.5 Å². The fraction of sp³-hybridized carbons (Fsp3) is 0.667. The first-order chi connectivity index (χ1) is 19.6. The van der Waals surface area contributed by atoms with Crippen molar-refractivity contribution in [3.05, 3.63) is 29.1 Å². The summed E-state index contributed by atoms with van der Waals surface area (Å²) in [4.78, 5) is 42.4. The van der Waals surface area contributed by atoms with E-state index in [1.165, 1.54) is 6.08 Å². The molecule has 2 fully saturated rings. The first kappa shape index (κ1) is 35.1. The van der Waals surface area contributed by atoms with Crippen LogP contribution in [0.15, 0.2) is 18.3 Å². The van der Waals surface area contributed by atoms with Gasteiger partial charge in [0.15, 0.2) is 0 Å². The zero-order valence-electron chi connectivity index (χ0n) is 26.1. The number of ether oxygens (including phenoxy) is 3. The van der Waals surface area contributed by atoms with Gasteiger partial charge in [-0.2, -0.15) is 0 Å². The average molecular weight is 610 g/mol. The van der Waals surface area contributed by atoms with E-state index in [0.717, 1.165) is 37.2 Å². The fourth-order valence-corrected chi connectivity index (χ4v) is 4.34. The third-order valence-corrected chi connectivity index (χ3v) is 6.45. The molecule has 0 aliphatic carbocycles. The van der Waals surface area contributed by atoms with Crippen LogP contribution >= 0.6 is 11.6 Å². The SMILES string of the molecule is CC(C)(C)OC(=O)N1CC(CCN)C1.CCOC(=O)/C=C/c1cnc(Cl)cc1NCCC1CN(C(=O)OC(C)(C)C)C1. The lowest BCUT2D eigenvalue weighted by Gasteiger charge is -2.39. The molecular formula is C30H48ClN5O6. The summed E-state index contributed by atoms with van der Waals surface area (Å²) in [7, 11) is 0. The summed E-state index contributed by atoms with van der Waals surface area (Å²) < 4.78 is 15.5. The fourth-order valence-electron chi connectivity index (χ4n) is 4.18. The predicted molar refractivity (Wildman–Crippen MR) is 164 cm³/mol. The number of carbonyl (C=O) groups excluding carboxylic acids is 3. The summed E-state index contributed by atoms with van der Waals surface area (Å²) in [6.45, 7) is 17.7. The van der Waals surface area contributed by atoms with E-state index in [0.29, 0.717) is 49.8 Å². The number of likely N-dealkylation sites (tertiary alicyclic amines) is 2. The molecule has 2 saturated heterocycles. The number of halogens is 1. The molecule has 1 aromatic heterocycles. The number of nitrogens with zero attached hydrogens (tertiary/aromatic N) is 3. The number of anilines is 1. The summed E-state index contributed by atoms with van der Waals surface area (Å²) in [6.07, 6.45) is 6.06. The standard InChI is InChI=1S/C20H28ClN3O4.C10H20N2O2/c1-5-27-18(25)7-6-15-11-23-17(21)10-16(15)22-9-8-14-12-24(13-14)19(26)28-20(2,3)4;1-10(2,3)14-9(13)12-6-8(7-12)4-5-11/h6-7,10-11,14H,5,8-9,12-13H2,1-4H3,(H,22,23);8H,4-7,11H2,1-3H3/b7-6+;. The van der Waals surface area contributed by atoms with Crippen LogP contribution < -0.4 is 11.1 Å². The number of amides is 2. The Kier molecular flexibility index (Phi) is 13.4. The summed E-state index contributed by atoms with van der Waals surface area (Å²) in [5.41, 5.74) is 6.11. The minimum Gasteiger partial charge on any atom is -0.463 e. The van der Waals surface area contributed by atoms with Gasteiger partial charge in [-0.3, -0.25) is 0 Å². The lowest BCUT2D eigenvalue weighted by Crippen LogP contribution is -2.52. The van der Waals surface area contributed by atoms with Crippen LogP contribution in [0.5, 0.6) is 0 Å². The topological polar surface area (TPSA) is 136 Å². The van der Waals surface area contributed by atoms with Crippen molar-refractivity contribution in [2.75, 3.05) is 51.2 Å². The molecule has 42 heavy (non-hydrogen) atoms. The van der Waals surface area contributed by atoms with Gasteiger partial charge in [-0.15, -0.1) is 0 Å². The molecule has 2 aliphatic heterocycles. The molecule has 0 atom stereocenters. The highest BCUT2D eigenvalue weighted by Crippen LogP contribution is 2.24. The molecule has 3 heterocycles. The van der Waals surface area contributed by atoms with E-state index in [1.54, 1.807) is 35.1 Å². The Bertz CT molecular complexity index is 1070. The number of rotatable bonds is 9. The summed E-state index contributed by atoms with van der Waals surface area (Å²) >= 11 is 5.99. The van der Waals surface area contributed by atoms with Gasteiger partial charge in [-0.25, -0.2) is 19.4 Å². The van der Waals surface area contributed by atoms with Crippen molar-refractivity contribution in [1.82, 2.24) is 14.8 Å². The van der Waals surface area contributed by atoms with E-state index in [-0.39, 0.29) is 12.2 Å². The maximum Gasteiger partial charge on any atom is 0.410 e. The number of esters is 1. The summed E-state index contributed by atoms with van der Waals surface area (Å²) in [5, 5.41) is 3.70. The minimum absolute atomic E-state index is 0.203. The van der Waals surface area contributed by atoms with E-state index in [2.05, 4.69) is 10.3 Å². The van der Waals surface area contributed by atoms with E-state index < -0.39 is 17.2 Å². The molecular weight excluding hydrogens is 562 g/mol. The average Bonchev–Trinajstić information content (AvgIpc) is 2.80. The molecule has 236 valence electrons. The predicted octanol–water partition coefficient (Wildman–Crippen LogP) is 5.18. The van der Waals surface area contributed by atoms with Crippen LogP contribution in [0, 0.1) is 11.8 Å². The van der Waals surface area contributed by atoms with Gasteiger partial charge >= 0.3 is 18.2 Å². The number of nitrogens with two attached hydrogens (primary N) is 1. The molecule has 0 spiro atoms. The molecule has 1 aromatic rings. The van der Waals surface area contributed by atoms with Crippen molar-refractivity contribution in [1.29, 1.82) is 0 Å². The molecule has 12 heteroatoms. The highest BCUT2D eigenvalue weighted by atomic mass is 35.5. The molecule has 11 nitrogen and oxygen atoms in total. The van der Waals surface area contributed by atoms with Crippen LogP contribution in [0.25, 0.3) is 6.08 Å². The number of hydrogen-bond acceptors (Lipinski definition) is 9. The maximum absolute atomic E-state index is 12.0. The van der Waals surface area contributed by atoms with Gasteiger partial charge in [0, 0.05) is 56.2 Å². The van der Waals surface area contributed by atoms with Gasteiger partial charge in [-0.05, 0) is 91.8 Å². The molecule has 0 unspecified atom stereocenters. The van der Waals surface area contributed by atoms with Gasteiger partial charge in [-0.1, -0.05) is 11.6 Å². The van der Waals surface area contributed by atoms with Gasteiger partial charge in [0.25, 0.3) is 0 Å². The lowest BCUT2D eigenvalue weighted by atomic mass is 9.97. The number of aromatic nitrogens is 1. The molecule has 0 radical (unpaired) electrons. The van der Waals surface area contributed by atoms with E-state index in [1.807, 2.05) is 41.5 Å². The van der Waals surface area contributed by atoms with Crippen LogP contribution in [0.1, 0.15) is 66.9 Å². The van der Waals surface area contributed by atoms with Crippen molar-refractivity contribution < 1.29 is 28.6 Å². The molecule has 3 N–H and O–H groups in total. The van der Waals surface area contributed by atoms with Crippen molar-refractivity contribution in [2.24, 2.45) is 17.6 Å². The van der Waals surface area contributed by atoms with Gasteiger partial charge in [0.05, 0.1) is 6.61 Å². The van der Waals surface area contributed by atoms with E-state index >= 15 is 0 Å².